The molecule has 5 heteroatoms. The molecule has 0 aliphatic carbocycles. The summed E-state index contributed by atoms with van der Waals surface area (Å²) in [7, 11) is 2.95. The molecule has 1 rings (SSSR count). The third kappa shape index (κ3) is 2.82. The van der Waals surface area contributed by atoms with Crippen molar-refractivity contribution >= 4 is 0 Å². The van der Waals surface area contributed by atoms with Gasteiger partial charge in [-0.1, -0.05) is 0 Å². The average Bonchev–Trinajstić information content (AvgIpc) is 2.27. The monoisotopic (exact) mass is 214 g/mol. The molecule has 15 heavy (non-hydrogen) atoms. The van der Waals surface area contributed by atoms with E-state index >= 15 is 0 Å². The van der Waals surface area contributed by atoms with E-state index in [1.54, 1.807) is 6.07 Å². The highest BCUT2D eigenvalue weighted by atomic mass is 16.5. The molecular formula is C10H14O5. The Balaban J connectivity index is 3.06. The Labute approximate surface area is 87.5 Å². The molecule has 1 aromatic carbocycles. The van der Waals surface area contributed by atoms with E-state index in [0.29, 0.717) is 17.1 Å². The SMILES string of the molecule is COc1cc(OC)cc(C(O)C(O)O)c1. The maximum atomic E-state index is 9.43. The molecule has 0 radical (unpaired) electrons. The van der Waals surface area contributed by atoms with E-state index in [0.717, 1.165) is 0 Å². The lowest BCUT2D eigenvalue weighted by molar-refractivity contribution is -0.123. The summed E-state index contributed by atoms with van der Waals surface area (Å²) >= 11 is 0. The minimum absolute atomic E-state index is 0.321. The Morgan fingerprint density at radius 2 is 1.40 bits per heavy atom. The van der Waals surface area contributed by atoms with E-state index < -0.39 is 12.4 Å². The molecule has 0 fully saturated rings. The van der Waals surface area contributed by atoms with Gasteiger partial charge in [0.25, 0.3) is 0 Å². The lowest BCUT2D eigenvalue weighted by Crippen LogP contribution is -2.17. The molecule has 0 amide bonds. The maximum absolute atomic E-state index is 9.43. The zero-order valence-electron chi connectivity index (χ0n) is 8.54. The fraction of sp³-hybridized carbons (Fsp3) is 0.400. The van der Waals surface area contributed by atoms with Gasteiger partial charge in [0.1, 0.15) is 17.6 Å². The van der Waals surface area contributed by atoms with Gasteiger partial charge >= 0.3 is 0 Å². The van der Waals surface area contributed by atoms with Gasteiger partial charge in [0.2, 0.25) is 0 Å². The molecule has 0 aromatic heterocycles. The molecule has 5 nitrogen and oxygen atoms in total. The van der Waals surface area contributed by atoms with Crippen molar-refractivity contribution in [3.63, 3.8) is 0 Å². The zero-order chi connectivity index (χ0) is 11.4. The standard InChI is InChI=1S/C10H14O5/c1-14-7-3-6(9(11)10(12)13)4-8(5-7)15-2/h3-5,9-13H,1-2H3. The molecule has 0 aliphatic rings. The van der Waals surface area contributed by atoms with Gasteiger partial charge in [-0.25, -0.2) is 0 Å². The minimum Gasteiger partial charge on any atom is -0.497 e. The van der Waals surface area contributed by atoms with Crippen LogP contribution in [0.25, 0.3) is 0 Å². The van der Waals surface area contributed by atoms with E-state index in [4.69, 9.17) is 19.7 Å². The van der Waals surface area contributed by atoms with Crippen molar-refractivity contribution in [1.82, 2.24) is 0 Å². The molecule has 3 N–H and O–H groups in total. The summed E-state index contributed by atoms with van der Waals surface area (Å²) in [6, 6.07) is 4.64. The van der Waals surface area contributed by atoms with Crippen LogP contribution in [-0.2, 0) is 0 Å². The summed E-state index contributed by atoms with van der Waals surface area (Å²) in [6.45, 7) is 0. The molecule has 0 bridgehead atoms. The van der Waals surface area contributed by atoms with Crippen molar-refractivity contribution in [2.75, 3.05) is 14.2 Å². The number of hydrogen-bond acceptors (Lipinski definition) is 5. The second-order valence-corrected chi connectivity index (χ2v) is 3.00. The highest BCUT2D eigenvalue weighted by Gasteiger charge is 2.17. The van der Waals surface area contributed by atoms with E-state index in [2.05, 4.69) is 0 Å². The van der Waals surface area contributed by atoms with Gasteiger partial charge in [-0.2, -0.15) is 0 Å². The molecule has 0 saturated carbocycles. The van der Waals surface area contributed by atoms with Crippen LogP contribution in [-0.4, -0.2) is 35.8 Å². The fourth-order valence-corrected chi connectivity index (χ4v) is 1.17. The molecule has 1 unspecified atom stereocenters. The van der Waals surface area contributed by atoms with Crippen LogP contribution in [0.2, 0.25) is 0 Å². The fourth-order valence-electron chi connectivity index (χ4n) is 1.17. The summed E-state index contributed by atoms with van der Waals surface area (Å²) in [5, 5.41) is 27.1. The number of aliphatic hydroxyl groups is 3. The van der Waals surface area contributed by atoms with Crippen LogP contribution in [0.4, 0.5) is 0 Å². The number of ether oxygens (including phenoxy) is 2. The van der Waals surface area contributed by atoms with Crippen molar-refractivity contribution in [2.24, 2.45) is 0 Å². The zero-order valence-corrected chi connectivity index (χ0v) is 8.54. The molecule has 0 heterocycles. The maximum Gasteiger partial charge on any atom is 0.182 e. The molecule has 1 aromatic rings. The Hall–Kier alpha value is -1.30. The minimum atomic E-state index is -1.83. The summed E-state index contributed by atoms with van der Waals surface area (Å²) in [6.07, 6.45) is -3.21. The summed E-state index contributed by atoms with van der Waals surface area (Å²) < 4.78 is 9.95. The van der Waals surface area contributed by atoms with Crippen LogP contribution < -0.4 is 9.47 Å². The van der Waals surface area contributed by atoms with Gasteiger partial charge in [0.05, 0.1) is 14.2 Å². The second-order valence-electron chi connectivity index (χ2n) is 3.00. The van der Waals surface area contributed by atoms with Gasteiger partial charge in [-0.3, -0.25) is 0 Å². The highest BCUT2D eigenvalue weighted by molar-refractivity contribution is 5.39. The van der Waals surface area contributed by atoms with Crippen LogP contribution >= 0.6 is 0 Å². The summed E-state index contributed by atoms with van der Waals surface area (Å²) in [5.74, 6) is 0.952. The Kier molecular flexibility index (Phi) is 3.90. The molecule has 0 spiro atoms. The largest absolute Gasteiger partial charge is 0.497 e. The molecule has 0 aliphatic heterocycles. The molecule has 84 valence electrons. The van der Waals surface area contributed by atoms with Crippen molar-refractivity contribution in [3.8, 4) is 11.5 Å². The van der Waals surface area contributed by atoms with Gasteiger partial charge in [0, 0.05) is 6.07 Å². The van der Waals surface area contributed by atoms with Crippen molar-refractivity contribution in [2.45, 2.75) is 12.4 Å². The highest BCUT2D eigenvalue weighted by Crippen LogP contribution is 2.27. The Morgan fingerprint density at radius 1 is 0.933 bits per heavy atom. The first-order valence-corrected chi connectivity index (χ1v) is 4.35. The van der Waals surface area contributed by atoms with Crippen LogP contribution in [0, 0.1) is 0 Å². The van der Waals surface area contributed by atoms with Crippen molar-refractivity contribution in [3.05, 3.63) is 23.8 Å². The number of rotatable bonds is 4. The van der Waals surface area contributed by atoms with Gasteiger partial charge in [-0.05, 0) is 17.7 Å². The smallest absolute Gasteiger partial charge is 0.182 e. The predicted octanol–water partition coefficient (Wildman–Crippen LogP) is 0.0479. The topological polar surface area (TPSA) is 79.2 Å². The normalized spacial score (nSPS) is 12.7. The average molecular weight is 214 g/mol. The van der Waals surface area contributed by atoms with E-state index in [-0.39, 0.29) is 0 Å². The van der Waals surface area contributed by atoms with E-state index in [1.165, 1.54) is 26.4 Å². The lowest BCUT2D eigenvalue weighted by Gasteiger charge is -2.15. The van der Waals surface area contributed by atoms with Gasteiger partial charge in [-0.15, -0.1) is 0 Å². The number of benzene rings is 1. The lowest BCUT2D eigenvalue weighted by atomic mass is 10.1. The van der Waals surface area contributed by atoms with Crippen LogP contribution in [0.1, 0.15) is 11.7 Å². The van der Waals surface area contributed by atoms with E-state index in [9.17, 15) is 5.11 Å². The molecule has 0 saturated heterocycles. The number of hydrogen-bond donors (Lipinski definition) is 3. The van der Waals surface area contributed by atoms with Crippen LogP contribution in [0.3, 0.4) is 0 Å². The number of methoxy groups -OCH3 is 2. The third-order valence-corrected chi connectivity index (χ3v) is 2.00. The van der Waals surface area contributed by atoms with Crippen LogP contribution in [0.5, 0.6) is 11.5 Å². The van der Waals surface area contributed by atoms with Gasteiger partial charge < -0.3 is 24.8 Å². The third-order valence-electron chi connectivity index (χ3n) is 2.00. The van der Waals surface area contributed by atoms with Crippen LogP contribution in [0.15, 0.2) is 18.2 Å². The summed E-state index contributed by atoms with van der Waals surface area (Å²) in [5.41, 5.74) is 0.321. The first-order chi connectivity index (χ1) is 7.08. The molecular weight excluding hydrogens is 200 g/mol. The van der Waals surface area contributed by atoms with Gasteiger partial charge in [0.15, 0.2) is 6.29 Å². The quantitative estimate of drug-likeness (QED) is 0.617. The first kappa shape index (κ1) is 11.8. The molecule has 1 atom stereocenters. The first-order valence-electron chi connectivity index (χ1n) is 4.35. The van der Waals surface area contributed by atoms with E-state index in [1.807, 2.05) is 0 Å². The second kappa shape index (κ2) is 4.97. The predicted molar refractivity (Wildman–Crippen MR) is 52.7 cm³/mol. The number of aliphatic hydroxyl groups excluding tert-OH is 2. The Bertz CT molecular complexity index is 301. The Morgan fingerprint density at radius 3 is 1.73 bits per heavy atom. The van der Waals surface area contributed by atoms with Crippen molar-refractivity contribution < 1.29 is 24.8 Å². The summed E-state index contributed by atoms with van der Waals surface area (Å²) in [4.78, 5) is 0. The van der Waals surface area contributed by atoms with Crippen molar-refractivity contribution in [1.29, 1.82) is 0 Å².